The van der Waals surface area contributed by atoms with Gasteiger partial charge in [-0.1, -0.05) is 13.8 Å². The lowest BCUT2D eigenvalue weighted by Gasteiger charge is -1.99. The van der Waals surface area contributed by atoms with Crippen LogP contribution in [0.5, 0.6) is 0 Å². The second-order valence-corrected chi connectivity index (χ2v) is 4.30. The maximum Gasteiger partial charge on any atom is 0.242 e. The van der Waals surface area contributed by atoms with Crippen molar-refractivity contribution in [2.75, 3.05) is 0 Å². The molecule has 14 heavy (non-hydrogen) atoms. The molecule has 5 heteroatoms. The summed E-state index contributed by atoms with van der Waals surface area (Å²) >= 11 is 3.38. The number of aryl methyl sites for hydroxylation is 1. The molecule has 0 aliphatic carbocycles. The van der Waals surface area contributed by atoms with Gasteiger partial charge < -0.3 is 0 Å². The molecular formula is C9H12BrN3O. The third-order valence-corrected chi connectivity index (χ3v) is 2.59. The van der Waals surface area contributed by atoms with Gasteiger partial charge in [-0.3, -0.25) is 0 Å². The first kappa shape index (κ1) is 11.1. The van der Waals surface area contributed by atoms with E-state index in [1.165, 1.54) is 6.08 Å². The van der Waals surface area contributed by atoms with Crippen LogP contribution in [0.2, 0.25) is 0 Å². The molecule has 0 aliphatic rings. The quantitative estimate of drug-likeness (QED) is 0.617. The SMILES string of the molecule is CC(C)Cc1nn(C)c(N=C=O)c1Br. The van der Waals surface area contributed by atoms with Gasteiger partial charge in [-0.05, 0) is 28.3 Å². The minimum Gasteiger partial charge on any atom is -0.249 e. The second-order valence-electron chi connectivity index (χ2n) is 3.51. The Morgan fingerprint density at radius 1 is 1.64 bits per heavy atom. The smallest absolute Gasteiger partial charge is 0.242 e. The fraction of sp³-hybridized carbons (Fsp3) is 0.556. The largest absolute Gasteiger partial charge is 0.249 e. The maximum atomic E-state index is 10.2. The van der Waals surface area contributed by atoms with Crippen LogP contribution in [0.15, 0.2) is 9.47 Å². The normalized spacial score (nSPS) is 10.4. The van der Waals surface area contributed by atoms with Crippen LogP contribution in [0, 0.1) is 5.92 Å². The molecule has 0 spiro atoms. The molecule has 0 bridgehead atoms. The predicted octanol–water partition coefficient (Wildman–Crippen LogP) is 2.35. The van der Waals surface area contributed by atoms with Crippen LogP contribution in [0.3, 0.4) is 0 Å². The van der Waals surface area contributed by atoms with Gasteiger partial charge in [0.25, 0.3) is 0 Å². The van der Waals surface area contributed by atoms with Crippen molar-refractivity contribution in [2.24, 2.45) is 18.0 Å². The van der Waals surface area contributed by atoms with Crippen molar-refractivity contribution in [1.29, 1.82) is 0 Å². The molecule has 76 valence electrons. The summed E-state index contributed by atoms with van der Waals surface area (Å²) in [4.78, 5) is 13.7. The number of hydrogen-bond acceptors (Lipinski definition) is 3. The average molecular weight is 258 g/mol. The highest BCUT2D eigenvalue weighted by atomic mass is 79.9. The van der Waals surface area contributed by atoms with Crippen molar-refractivity contribution in [3.63, 3.8) is 0 Å². The van der Waals surface area contributed by atoms with Gasteiger partial charge in [-0.25, -0.2) is 9.48 Å². The molecule has 0 amide bonds. The number of isocyanates is 1. The fourth-order valence-corrected chi connectivity index (χ4v) is 1.81. The van der Waals surface area contributed by atoms with Crippen molar-refractivity contribution in [2.45, 2.75) is 20.3 Å². The topological polar surface area (TPSA) is 47.2 Å². The highest BCUT2D eigenvalue weighted by molar-refractivity contribution is 9.10. The number of aromatic nitrogens is 2. The van der Waals surface area contributed by atoms with E-state index in [9.17, 15) is 4.79 Å². The lowest BCUT2D eigenvalue weighted by molar-refractivity contribution is 0.564. The van der Waals surface area contributed by atoms with Crippen LogP contribution in [0.25, 0.3) is 0 Å². The van der Waals surface area contributed by atoms with Gasteiger partial charge in [0.2, 0.25) is 6.08 Å². The molecule has 4 nitrogen and oxygen atoms in total. The van der Waals surface area contributed by atoms with Crippen LogP contribution in [0.1, 0.15) is 19.5 Å². The van der Waals surface area contributed by atoms with Gasteiger partial charge in [-0.2, -0.15) is 5.10 Å². The van der Waals surface area contributed by atoms with E-state index in [-0.39, 0.29) is 0 Å². The predicted molar refractivity (Wildman–Crippen MR) is 57.2 cm³/mol. The third kappa shape index (κ3) is 2.30. The summed E-state index contributed by atoms with van der Waals surface area (Å²) < 4.78 is 2.37. The number of nitrogens with zero attached hydrogens (tertiary/aromatic N) is 3. The van der Waals surface area contributed by atoms with Crippen molar-refractivity contribution in [1.82, 2.24) is 9.78 Å². The molecule has 1 aromatic rings. The highest BCUT2D eigenvalue weighted by Gasteiger charge is 2.13. The van der Waals surface area contributed by atoms with Gasteiger partial charge in [0.05, 0.1) is 10.2 Å². The Morgan fingerprint density at radius 3 is 2.79 bits per heavy atom. The summed E-state index contributed by atoms with van der Waals surface area (Å²) in [7, 11) is 1.75. The Bertz CT molecular complexity index is 378. The lowest BCUT2D eigenvalue weighted by Crippen LogP contribution is -1.97. The van der Waals surface area contributed by atoms with Gasteiger partial charge in [0.1, 0.15) is 0 Å². The van der Waals surface area contributed by atoms with Gasteiger partial charge in [0, 0.05) is 7.05 Å². The van der Waals surface area contributed by atoms with E-state index in [0.29, 0.717) is 11.7 Å². The minimum atomic E-state index is 0.522. The molecule has 0 aliphatic heterocycles. The summed E-state index contributed by atoms with van der Waals surface area (Å²) in [6.45, 7) is 4.23. The molecular weight excluding hydrogens is 246 g/mol. The number of aliphatic imine (C=N–C) groups is 1. The molecule has 1 heterocycles. The van der Waals surface area contributed by atoms with Crippen molar-refractivity contribution < 1.29 is 4.79 Å². The van der Waals surface area contributed by atoms with Crippen LogP contribution in [0.4, 0.5) is 5.82 Å². The molecule has 1 aromatic heterocycles. The van der Waals surface area contributed by atoms with E-state index in [0.717, 1.165) is 16.6 Å². The molecule has 0 saturated carbocycles. The van der Waals surface area contributed by atoms with Gasteiger partial charge in [0.15, 0.2) is 5.82 Å². The van der Waals surface area contributed by atoms with Crippen molar-refractivity contribution in [3.05, 3.63) is 10.2 Å². The van der Waals surface area contributed by atoms with Crippen molar-refractivity contribution >= 4 is 27.8 Å². The zero-order valence-corrected chi connectivity index (χ0v) is 10.00. The van der Waals surface area contributed by atoms with Gasteiger partial charge in [-0.15, -0.1) is 4.99 Å². The highest BCUT2D eigenvalue weighted by Crippen LogP contribution is 2.29. The average Bonchev–Trinajstić information content (AvgIpc) is 2.32. The summed E-state index contributed by atoms with van der Waals surface area (Å²) in [5.74, 6) is 1.05. The van der Waals surface area contributed by atoms with E-state index in [1.807, 2.05) is 0 Å². The second kappa shape index (κ2) is 4.53. The fourth-order valence-electron chi connectivity index (χ4n) is 1.23. The number of carbonyl (C=O) groups excluding carboxylic acids is 1. The molecule has 0 radical (unpaired) electrons. The van der Waals surface area contributed by atoms with E-state index in [2.05, 4.69) is 39.9 Å². The zero-order valence-electron chi connectivity index (χ0n) is 8.41. The Hall–Kier alpha value is -0.930. The van der Waals surface area contributed by atoms with Crippen LogP contribution < -0.4 is 0 Å². The number of hydrogen-bond donors (Lipinski definition) is 0. The van der Waals surface area contributed by atoms with Crippen molar-refractivity contribution in [3.8, 4) is 0 Å². The van der Waals surface area contributed by atoms with E-state index in [4.69, 9.17) is 0 Å². The minimum absolute atomic E-state index is 0.522. The van der Waals surface area contributed by atoms with E-state index in [1.54, 1.807) is 11.7 Å². The lowest BCUT2D eigenvalue weighted by atomic mass is 10.1. The summed E-state index contributed by atoms with van der Waals surface area (Å²) in [5.41, 5.74) is 0.927. The number of rotatable bonds is 3. The standard InChI is InChI=1S/C9H12BrN3O/c1-6(2)4-7-8(10)9(11-5-14)13(3)12-7/h6H,4H2,1-3H3. The summed E-state index contributed by atoms with van der Waals surface area (Å²) in [6, 6.07) is 0. The molecule has 0 saturated heterocycles. The Labute approximate surface area is 91.2 Å². The first-order valence-electron chi connectivity index (χ1n) is 4.35. The monoisotopic (exact) mass is 257 g/mol. The molecule has 1 rings (SSSR count). The molecule has 0 N–H and O–H groups in total. The maximum absolute atomic E-state index is 10.2. The molecule has 0 fully saturated rings. The Balaban J connectivity index is 3.10. The Kier molecular flexibility index (Phi) is 3.61. The first-order chi connectivity index (χ1) is 6.56. The zero-order chi connectivity index (χ0) is 10.7. The first-order valence-corrected chi connectivity index (χ1v) is 5.14. The third-order valence-electron chi connectivity index (χ3n) is 1.78. The van der Waals surface area contributed by atoms with Crippen LogP contribution in [-0.2, 0) is 18.3 Å². The molecule has 0 atom stereocenters. The van der Waals surface area contributed by atoms with Crippen LogP contribution >= 0.6 is 15.9 Å². The Morgan fingerprint density at radius 2 is 2.29 bits per heavy atom. The van der Waals surface area contributed by atoms with Gasteiger partial charge >= 0.3 is 0 Å². The van der Waals surface area contributed by atoms with E-state index < -0.39 is 0 Å². The number of halogens is 1. The van der Waals surface area contributed by atoms with E-state index >= 15 is 0 Å². The van der Waals surface area contributed by atoms with Crippen LogP contribution in [-0.4, -0.2) is 15.9 Å². The summed E-state index contributed by atoms with van der Waals surface area (Å²) in [5, 5.41) is 4.27. The molecule has 0 unspecified atom stereocenters. The molecule has 0 aromatic carbocycles. The summed E-state index contributed by atoms with van der Waals surface area (Å²) in [6.07, 6.45) is 2.38.